The second-order valence-electron chi connectivity index (χ2n) is 18.4. The summed E-state index contributed by atoms with van der Waals surface area (Å²) in [6, 6.07) is -0.719. The lowest BCUT2D eigenvalue weighted by Crippen LogP contribution is -2.46. The van der Waals surface area contributed by atoms with E-state index in [2.05, 4.69) is 62.5 Å². The first kappa shape index (κ1) is 61.3. The van der Waals surface area contributed by atoms with Gasteiger partial charge in [-0.3, -0.25) is 9.59 Å². The van der Waals surface area contributed by atoms with Crippen LogP contribution in [0.2, 0.25) is 0 Å². The molecule has 3 atom stereocenters. The van der Waals surface area contributed by atoms with Crippen molar-refractivity contribution in [2.24, 2.45) is 0 Å². The highest BCUT2D eigenvalue weighted by molar-refractivity contribution is 5.77. The van der Waals surface area contributed by atoms with Crippen LogP contribution in [0.15, 0.2) is 72.9 Å². The number of rotatable bonds is 48. The van der Waals surface area contributed by atoms with Gasteiger partial charge in [0.15, 0.2) is 0 Å². The maximum Gasteiger partial charge on any atom is 0.306 e. The Labute approximate surface area is 396 Å². The zero-order valence-corrected chi connectivity index (χ0v) is 42.1. The quantitative estimate of drug-likeness (QED) is 0.0245. The SMILES string of the molecule is CCC/C=C/C=C/C=C/C=C/C=C/CCCCCC(CC(=O)NC(CO)C(O)CCCCCCCCCCCCCC)OC(=O)CCCCCCCCC/C=C/CCCCCCCC. The van der Waals surface area contributed by atoms with E-state index in [0.29, 0.717) is 19.3 Å². The first-order chi connectivity index (χ1) is 31.5. The van der Waals surface area contributed by atoms with Gasteiger partial charge in [-0.1, -0.05) is 248 Å². The summed E-state index contributed by atoms with van der Waals surface area (Å²) in [6.45, 7) is 6.38. The first-order valence-corrected chi connectivity index (χ1v) is 27.2. The van der Waals surface area contributed by atoms with Crippen molar-refractivity contribution in [3.63, 3.8) is 0 Å². The molecule has 0 bridgehead atoms. The predicted molar refractivity (Wildman–Crippen MR) is 278 cm³/mol. The molecule has 0 radical (unpaired) electrons. The molecule has 370 valence electrons. The van der Waals surface area contributed by atoms with Crippen molar-refractivity contribution in [2.45, 2.75) is 277 Å². The highest BCUT2D eigenvalue weighted by Gasteiger charge is 2.24. The normalized spacial score (nSPS) is 13.8. The highest BCUT2D eigenvalue weighted by atomic mass is 16.5. The molecule has 0 aliphatic carbocycles. The van der Waals surface area contributed by atoms with Gasteiger partial charge in [0.25, 0.3) is 0 Å². The van der Waals surface area contributed by atoms with E-state index in [0.717, 1.165) is 70.6 Å². The summed E-state index contributed by atoms with van der Waals surface area (Å²) in [5, 5.41) is 23.8. The van der Waals surface area contributed by atoms with Crippen LogP contribution in [0.4, 0.5) is 0 Å². The monoisotopic (exact) mass is 894 g/mol. The van der Waals surface area contributed by atoms with Crippen molar-refractivity contribution < 1.29 is 24.5 Å². The van der Waals surface area contributed by atoms with Gasteiger partial charge in [-0.25, -0.2) is 0 Å². The van der Waals surface area contributed by atoms with E-state index in [4.69, 9.17) is 4.74 Å². The van der Waals surface area contributed by atoms with Crippen molar-refractivity contribution in [1.29, 1.82) is 0 Å². The average Bonchev–Trinajstić information content (AvgIpc) is 3.29. The second kappa shape index (κ2) is 51.3. The van der Waals surface area contributed by atoms with Crippen molar-refractivity contribution in [3.05, 3.63) is 72.9 Å². The van der Waals surface area contributed by atoms with Crippen LogP contribution in [0.5, 0.6) is 0 Å². The van der Waals surface area contributed by atoms with Gasteiger partial charge in [0, 0.05) is 6.42 Å². The first-order valence-electron chi connectivity index (χ1n) is 27.2. The number of aliphatic hydroxyl groups excluding tert-OH is 2. The van der Waals surface area contributed by atoms with E-state index in [1.54, 1.807) is 0 Å². The van der Waals surface area contributed by atoms with E-state index in [9.17, 15) is 19.8 Å². The number of unbranched alkanes of at least 4 members (excludes halogenated alkanes) is 28. The predicted octanol–water partition coefficient (Wildman–Crippen LogP) is 16.6. The zero-order chi connectivity index (χ0) is 46.7. The van der Waals surface area contributed by atoms with Crippen LogP contribution < -0.4 is 5.32 Å². The fourth-order valence-corrected chi connectivity index (χ4v) is 7.98. The number of carbonyl (C=O) groups excluding carboxylic acids is 2. The molecule has 0 saturated carbocycles. The lowest BCUT2D eigenvalue weighted by molar-refractivity contribution is -0.151. The Hall–Kier alpha value is -2.70. The highest BCUT2D eigenvalue weighted by Crippen LogP contribution is 2.17. The molecular weight excluding hydrogens is 791 g/mol. The third-order valence-corrected chi connectivity index (χ3v) is 12.1. The molecule has 0 aromatic rings. The van der Waals surface area contributed by atoms with Crippen LogP contribution in [-0.2, 0) is 14.3 Å². The minimum absolute atomic E-state index is 0.0459. The summed E-state index contributed by atoms with van der Waals surface area (Å²) >= 11 is 0. The number of allylic oxidation sites excluding steroid dienone is 12. The summed E-state index contributed by atoms with van der Waals surface area (Å²) < 4.78 is 5.93. The number of hydrogen-bond acceptors (Lipinski definition) is 5. The van der Waals surface area contributed by atoms with Crippen LogP contribution in [0.1, 0.15) is 258 Å². The summed E-state index contributed by atoms with van der Waals surface area (Å²) in [4.78, 5) is 26.2. The largest absolute Gasteiger partial charge is 0.462 e. The van der Waals surface area contributed by atoms with Crippen LogP contribution in [0, 0.1) is 0 Å². The molecule has 3 unspecified atom stereocenters. The minimum Gasteiger partial charge on any atom is -0.462 e. The van der Waals surface area contributed by atoms with Gasteiger partial charge in [-0.2, -0.15) is 0 Å². The van der Waals surface area contributed by atoms with Gasteiger partial charge in [-0.05, 0) is 70.6 Å². The molecule has 1 amide bonds. The number of carbonyl (C=O) groups is 2. The van der Waals surface area contributed by atoms with Gasteiger partial charge in [0.1, 0.15) is 6.10 Å². The molecule has 6 nitrogen and oxygen atoms in total. The molecule has 0 aromatic carbocycles. The molecule has 0 heterocycles. The number of amides is 1. The Bertz CT molecular complexity index is 1190. The van der Waals surface area contributed by atoms with Gasteiger partial charge < -0.3 is 20.3 Å². The van der Waals surface area contributed by atoms with Crippen molar-refractivity contribution in [3.8, 4) is 0 Å². The Balaban J connectivity index is 4.67. The summed E-state index contributed by atoms with van der Waals surface area (Å²) in [7, 11) is 0. The van der Waals surface area contributed by atoms with Crippen LogP contribution in [0.25, 0.3) is 0 Å². The smallest absolute Gasteiger partial charge is 0.306 e. The zero-order valence-electron chi connectivity index (χ0n) is 42.1. The fourth-order valence-electron chi connectivity index (χ4n) is 7.98. The molecule has 6 heteroatoms. The minimum atomic E-state index is -0.803. The fraction of sp³-hybridized carbons (Fsp3) is 0.759. The third-order valence-electron chi connectivity index (χ3n) is 12.1. The van der Waals surface area contributed by atoms with Crippen LogP contribution >= 0.6 is 0 Å². The molecule has 0 aliphatic heterocycles. The number of aliphatic hydroxyl groups is 2. The average molecular weight is 894 g/mol. The van der Waals surface area contributed by atoms with E-state index in [1.165, 1.54) is 141 Å². The standard InChI is InChI=1S/C58H103NO5/c1-4-7-10-13-16-19-22-25-27-29-31-33-36-39-42-45-48-51-58(63)64-54(49-46-43-40-37-34-32-30-28-26-23-20-17-14-11-8-5-2)52-57(62)59-55(53-60)56(61)50-47-44-41-38-35-24-21-18-15-12-9-6-3/h11,14,17,20,23,25-28,30,32,34,54-56,60-61H,4-10,12-13,15-16,18-19,21-22,24,29,31,33,35-53H2,1-3H3,(H,59,62)/b14-11+,20-17+,26-23+,27-25+,30-28+,34-32+. The Morgan fingerprint density at radius 3 is 1.33 bits per heavy atom. The lowest BCUT2D eigenvalue weighted by Gasteiger charge is -2.24. The molecule has 0 spiro atoms. The number of ether oxygens (including phenoxy) is 1. The topological polar surface area (TPSA) is 95.9 Å². The number of hydrogen-bond donors (Lipinski definition) is 3. The maximum atomic E-state index is 13.2. The summed E-state index contributed by atoms with van der Waals surface area (Å²) in [6.07, 6.45) is 65.3. The number of esters is 1. The maximum absolute atomic E-state index is 13.2. The molecule has 3 N–H and O–H groups in total. The van der Waals surface area contributed by atoms with E-state index < -0.39 is 18.2 Å². The van der Waals surface area contributed by atoms with E-state index in [-0.39, 0.29) is 24.9 Å². The Morgan fingerprint density at radius 1 is 0.453 bits per heavy atom. The van der Waals surface area contributed by atoms with Crippen LogP contribution in [-0.4, -0.2) is 46.9 Å². The van der Waals surface area contributed by atoms with Gasteiger partial charge in [0.05, 0.1) is 25.2 Å². The molecule has 0 aliphatic rings. The van der Waals surface area contributed by atoms with Gasteiger partial charge in [-0.15, -0.1) is 0 Å². The molecule has 0 rings (SSSR count). The Morgan fingerprint density at radius 2 is 0.844 bits per heavy atom. The van der Waals surface area contributed by atoms with Gasteiger partial charge >= 0.3 is 5.97 Å². The van der Waals surface area contributed by atoms with Crippen LogP contribution in [0.3, 0.4) is 0 Å². The van der Waals surface area contributed by atoms with Crippen molar-refractivity contribution >= 4 is 11.9 Å². The molecular formula is C58H103NO5. The second-order valence-corrected chi connectivity index (χ2v) is 18.4. The van der Waals surface area contributed by atoms with E-state index in [1.807, 2.05) is 36.5 Å². The molecule has 0 aromatic heterocycles. The molecule has 0 saturated heterocycles. The Kier molecular flexibility index (Phi) is 49.1. The van der Waals surface area contributed by atoms with E-state index >= 15 is 0 Å². The van der Waals surface area contributed by atoms with Crippen molar-refractivity contribution in [1.82, 2.24) is 5.32 Å². The molecule has 0 fully saturated rings. The van der Waals surface area contributed by atoms with Gasteiger partial charge in [0.2, 0.25) is 5.91 Å². The van der Waals surface area contributed by atoms with Crippen molar-refractivity contribution in [2.75, 3.05) is 6.61 Å². The summed E-state index contributed by atoms with van der Waals surface area (Å²) in [5.74, 6) is -0.519. The molecule has 64 heavy (non-hydrogen) atoms. The number of nitrogens with one attached hydrogen (secondary N) is 1. The third kappa shape index (κ3) is 45.9. The lowest BCUT2D eigenvalue weighted by atomic mass is 10.0. The summed E-state index contributed by atoms with van der Waals surface area (Å²) in [5.41, 5.74) is 0.